The van der Waals surface area contributed by atoms with Crippen LogP contribution in [-0.4, -0.2) is 29.0 Å². The molecule has 5 nitrogen and oxygen atoms in total. The number of allylic oxidation sites excluding steroid dienone is 1. The second-order valence-corrected chi connectivity index (χ2v) is 6.39. The third kappa shape index (κ3) is 3.20. The van der Waals surface area contributed by atoms with E-state index in [9.17, 15) is 9.59 Å². The van der Waals surface area contributed by atoms with Crippen LogP contribution in [0.25, 0.3) is 0 Å². The van der Waals surface area contributed by atoms with E-state index >= 15 is 0 Å². The average Bonchev–Trinajstić information content (AvgIpc) is 3.03. The Bertz CT molecular complexity index is 829. The number of nitrogens with zero attached hydrogens (tertiary/aromatic N) is 1. The van der Waals surface area contributed by atoms with Crippen molar-refractivity contribution in [3.63, 3.8) is 0 Å². The predicted molar refractivity (Wildman–Crippen MR) is 95.8 cm³/mol. The van der Waals surface area contributed by atoms with Gasteiger partial charge in [0.25, 0.3) is 5.91 Å². The molecule has 0 radical (unpaired) electrons. The van der Waals surface area contributed by atoms with Crippen molar-refractivity contribution in [2.24, 2.45) is 0 Å². The van der Waals surface area contributed by atoms with Crippen molar-refractivity contribution in [2.45, 2.75) is 31.6 Å². The number of imide groups is 1. The van der Waals surface area contributed by atoms with E-state index in [1.54, 1.807) is 24.3 Å². The molecule has 0 unspecified atom stereocenters. The van der Waals surface area contributed by atoms with Crippen molar-refractivity contribution in [3.8, 4) is 5.75 Å². The maximum absolute atomic E-state index is 12.8. The molecule has 0 bridgehead atoms. The highest BCUT2D eigenvalue weighted by Gasteiger charge is 2.44. The molecule has 5 heteroatoms. The van der Waals surface area contributed by atoms with Crippen LogP contribution in [0.4, 0.5) is 4.79 Å². The van der Waals surface area contributed by atoms with Crippen LogP contribution in [0.1, 0.15) is 28.8 Å². The molecule has 4 rings (SSSR count). The van der Waals surface area contributed by atoms with Gasteiger partial charge in [0.05, 0.1) is 6.04 Å². The van der Waals surface area contributed by atoms with Crippen molar-refractivity contribution < 1.29 is 19.1 Å². The molecule has 2 aliphatic rings. The van der Waals surface area contributed by atoms with Gasteiger partial charge in [-0.2, -0.15) is 0 Å². The molecule has 1 saturated heterocycles. The number of hydrogen-bond acceptors (Lipinski definition) is 4. The molecule has 2 amide bonds. The molecule has 1 heterocycles. The van der Waals surface area contributed by atoms with E-state index in [0.29, 0.717) is 17.9 Å². The molecule has 2 atom stereocenters. The number of amides is 2. The zero-order chi connectivity index (χ0) is 17.9. The first-order valence-electron chi connectivity index (χ1n) is 8.70. The Balaban J connectivity index is 1.44. The lowest BCUT2D eigenvalue weighted by molar-refractivity contribution is 0.0790. The first kappa shape index (κ1) is 16.4. The second-order valence-electron chi connectivity index (χ2n) is 6.39. The third-order valence-corrected chi connectivity index (χ3v) is 4.65. The smallest absolute Gasteiger partial charge is 0.417 e. The van der Waals surface area contributed by atoms with Gasteiger partial charge in [0.15, 0.2) is 0 Å². The number of benzene rings is 2. The van der Waals surface area contributed by atoms with E-state index in [4.69, 9.17) is 9.47 Å². The number of ether oxygens (including phenoxy) is 2. The van der Waals surface area contributed by atoms with Crippen LogP contribution in [0, 0.1) is 0 Å². The maximum Gasteiger partial charge on any atom is 0.417 e. The van der Waals surface area contributed by atoms with Gasteiger partial charge in [-0.1, -0.05) is 42.5 Å². The molecular weight excluding hydrogens is 330 g/mol. The summed E-state index contributed by atoms with van der Waals surface area (Å²) in [6.07, 6.45) is 4.69. The Hall–Kier alpha value is -3.08. The molecule has 1 aliphatic heterocycles. The summed E-state index contributed by atoms with van der Waals surface area (Å²) in [5.74, 6) is 0.327. The minimum Gasteiger partial charge on any atom is -0.489 e. The summed E-state index contributed by atoms with van der Waals surface area (Å²) in [5, 5.41) is 0. The number of fused-ring (bicyclic) bond motifs is 1. The molecule has 1 fully saturated rings. The first-order valence-corrected chi connectivity index (χ1v) is 8.70. The Morgan fingerprint density at radius 1 is 1.12 bits per heavy atom. The van der Waals surface area contributed by atoms with Crippen molar-refractivity contribution in [1.82, 2.24) is 4.90 Å². The van der Waals surface area contributed by atoms with Crippen molar-refractivity contribution >= 4 is 12.0 Å². The Morgan fingerprint density at radius 3 is 2.65 bits per heavy atom. The summed E-state index contributed by atoms with van der Waals surface area (Å²) in [4.78, 5) is 26.1. The molecule has 0 N–H and O–H groups in total. The van der Waals surface area contributed by atoms with Crippen LogP contribution in [0.5, 0.6) is 5.75 Å². The van der Waals surface area contributed by atoms with Gasteiger partial charge < -0.3 is 9.47 Å². The van der Waals surface area contributed by atoms with Crippen molar-refractivity contribution in [3.05, 3.63) is 77.9 Å². The Labute approximate surface area is 151 Å². The number of carbonyl (C=O) groups is 2. The fraction of sp³-hybridized carbons (Fsp3) is 0.238. The highest BCUT2D eigenvalue weighted by Crippen LogP contribution is 2.29. The minimum absolute atomic E-state index is 0.232. The quantitative estimate of drug-likeness (QED) is 0.785. The number of hydrogen-bond donors (Lipinski definition) is 0. The average molecular weight is 349 g/mol. The van der Waals surface area contributed by atoms with Crippen LogP contribution in [0.3, 0.4) is 0 Å². The Morgan fingerprint density at radius 2 is 1.88 bits per heavy atom. The molecule has 132 valence electrons. The van der Waals surface area contributed by atoms with Crippen molar-refractivity contribution in [2.75, 3.05) is 0 Å². The summed E-state index contributed by atoms with van der Waals surface area (Å²) in [6.45, 7) is 0.459. The van der Waals surface area contributed by atoms with E-state index in [0.717, 1.165) is 18.4 Å². The third-order valence-electron chi connectivity index (χ3n) is 4.65. The van der Waals surface area contributed by atoms with Crippen molar-refractivity contribution in [1.29, 1.82) is 0 Å². The van der Waals surface area contributed by atoms with Gasteiger partial charge in [0.1, 0.15) is 18.5 Å². The molecule has 0 spiro atoms. The summed E-state index contributed by atoms with van der Waals surface area (Å²) in [7, 11) is 0. The second kappa shape index (κ2) is 7.04. The summed E-state index contributed by atoms with van der Waals surface area (Å²) in [5.41, 5.74) is 1.51. The zero-order valence-corrected chi connectivity index (χ0v) is 14.2. The van der Waals surface area contributed by atoms with Crippen LogP contribution >= 0.6 is 0 Å². The SMILES string of the molecule is O=C1O[C@@H]2CCC=C[C@H]2N1C(=O)c1ccc(OCc2ccccc2)cc1. The fourth-order valence-electron chi connectivity index (χ4n) is 3.27. The van der Waals surface area contributed by atoms with Gasteiger partial charge in [-0.05, 0) is 42.7 Å². The van der Waals surface area contributed by atoms with Crippen LogP contribution in [0.15, 0.2) is 66.7 Å². The summed E-state index contributed by atoms with van der Waals surface area (Å²) in [6, 6.07) is 16.4. The maximum atomic E-state index is 12.8. The largest absolute Gasteiger partial charge is 0.489 e. The fourth-order valence-corrected chi connectivity index (χ4v) is 3.27. The lowest BCUT2D eigenvalue weighted by atomic mass is 9.99. The van der Waals surface area contributed by atoms with Gasteiger partial charge in [-0.15, -0.1) is 0 Å². The first-order chi connectivity index (χ1) is 12.7. The van der Waals surface area contributed by atoms with Crippen LogP contribution in [-0.2, 0) is 11.3 Å². The highest BCUT2D eigenvalue weighted by atomic mass is 16.6. The van der Waals surface area contributed by atoms with Gasteiger partial charge in [-0.3, -0.25) is 4.79 Å². The lowest BCUT2D eigenvalue weighted by Gasteiger charge is -2.22. The monoisotopic (exact) mass is 349 g/mol. The zero-order valence-electron chi connectivity index (χ0n) is 14.2. The van der Waals surface area contributed by atoms with Gasteiger partial charge in [-0.25, -0.2) is 9.69 Å². The number of carbonyl (C=O) groups excluding carboxylic acids is 2. The molecule has 2 aromatic carbocycles. The van der Waals surface area contributed by atoms with E-state index in [2.05, 4.69) is 0 Å². The van der Waals surface area contributed by atoms with Gasteiger partial charge >= 0.3 is 6.09 Å². The number of rotatable bonds is 4. The Kier molecular flexibility index (Phi) is 4.44. The van der Waals surface area contributed by atoms with E-state index in [1.165, 1.54) is 4.90 Å². The van der Waals surface area contributed by atoms with Gasteiger partial charge in [0, 0.05) is 5.56 Å². The van der Waals surface area contributed by atoms with E-state index in [1.807, 2.05) is 42.5 Å². The predicted octanol–water partition coefficient (Wildman–Crippen LogP) is 3.95. The van der Waals surface area contributed by atoms with Gasteiger partial charge in [0.2, 0.25) is 0 Å². The van der Waals surface area contributed by atoms with E-state index in [-0.39, 0.29) is 18.1 Å². The lowest BCUT2D eigenvalue weighted by Crippen LogP contribution is -2.40. The summed E-state index contributed by atoms with van der Waals surface area (Å²) < 4.78 is 11.1. The highest BCUT2D eigenvalue weighted by molar-refractivity contribution is 6.04. The molecule has 0 aromatic heterocycles. The molecule has 1 aliphatic carbocycles. The molecule has 26 heavy (non-hydrogen) atoms. The summed E-state index contributed by atoms with van der Waals surface area (Å²) >= 11 is 0. The minimum atomic E-state index is -0.569. The van der Waals surface area contributed by atoms with Crippen LogP contribution < -0.4 is 4.74 Å². The van der Waals surface area contributed by atoms with Crippen LogP contribution in [0.2, 0.25) is 0 Å². The standard InChI is InChI=1S/C21H19NO4/c23-20(22-18-8-4-5-9-19(18)26-21(22)24)16-10-12-17(13-11-16)25-14-15-6-2-1-3-7-15/h1-4,6-8,10-13,18-19H,5,9,14H2/t18-,19-/m1/s1. The molecule has 2 aromatic rings. The normalized spacial score (nSPS) is 21.2. The molecule has 0 saturated carbocycles. The van der Waals surface area contributed by atoms with E-state index < -0.39 is 6.09 Å². The molecular formula is C21H19NO4. The topological polar surface area (TPSA) is 55.8 Å².